The van der Waals surface area contributed by atoms with Gasteiger partial charge in [-0.25, -0.2) is 4.79 Å². The van der Waals surface area contributed by atoms with Crippen LogP contribution in [0, 0.1) is 0 Å². The van der Waals surface area contributed by atoms with Crippen LogP contribution in [0.15, 0.2) is 66.4 Å². The van der Waals surface area contributed by atoms with Gasteiger partial charge in [-0.05, 0) is 30.7 Å². The lowest BCUT2D eigenvalue weighted by Gasteiger charge is -2.23. The number of anilines is 1. The molecule has 0 saturated carbocycles. The number of para-hydroxylation sites is 2. The third-order valence-corrected chi connectivity index (χ3v) is 3.38. The molecule has 0 radical (unpaired) electrons. The van der Waals surface area contributed by atoms with Crippen LogP contribution < -0.4 is 10.1 Å². The minimum absolute atomic E-state index is 0.170. The highest BCUT2D eigenvalue weighted by Gasteiger charge is 2.23. The molecule has 22 heavy (non-hydrogen) atoms. The Bertz CT molecular complexity index is 694. The van der Waals surface area contributed by atoms with E-state index in [2.05, 4.69) is 5.32 Å². The van der Waals surface area contributed by atoms with Gasteiger partial charge in [0.05, 0.1) is 18.3 Å². The van der Waals surface area contributed by atoms with Gasteiger partial charge in [-0.15, -0.1) is 0 Å². The molecule has 4 nitrogen and oxygen atoms in total. The van der Waals surface area contributed by atoms with E-state index >= 15 is 0 Å². The molecule has 3 rings (SSSR count). The normalized spacial score (nSPS) is 19.6. The van der Waals surface area contributed by atoms with Gasteiger partial charge in [-0.3, -0.25) is 0 Å². The van der Waals surface area contributed by atoms with E-state index in [0.29, 0.717) is 12.4 Å². The SMILES string of the molecule is CCO/C1=C/C(c2ccccc2)Nc2ccccc2OC1=O. The second kappa shape index (κ2) is 6.35. The molecule has 0 bridgehead atoms. The van der Waals surface area contributed by atoms with Crippen molar-refractivity contribution < 1.29 is 14.3 Å². The third kappa shape index (κ3) is 2.96. The molecule has 0 aromatic heterocycles. The third-order valence-electron chi connectivity index (χ3n) is 3.38. The van der Waals surface area contributed by atoms with Crippen LogP contribution in [0.25, 0.3) is 0 Å². The number of hydrogen-bond acceptors (Lipinski definition) is 4. The molecule has 1 atom stereocenters. The zero-order chi connectivity index (χ0) is 15.4. The average molecular weight is 295 g/mol. The second-order valence-corrected chi connectivity index (χ2v) is 4.88. The Labute approximate surface area is 129 Å². The molecular weight excluding hydrogens is 278 g/mol. The van der Waals surface area contributed by atoms with Gasteiger partial charge < -0.3 is 14.8 Å². The second-order valence-electron chi connectivity index (χ2n) is 4.88. The molecule has 0 fully saturated rings. The van der Waals surface area contributed by atoms with Gasteiger partial charge in [-0.2, -0.15) is 0 Å². The van der Waals surface area contributed by atoms with E-state index in [1.165, 1.54) is 0 Å². The number of benzene rings is 2. The summed E-state index contributed by atoms with van der Waals surface area (Å²) in [4.78, 5) is 12.3. The van der Waals surface area contributed by atoms with Gasteiger partial charge in [0.15, 0.2) is 5.75 Å². The van der Waals surface area contributed by atoms with Crippen molar-refractivity contribution in [2.45, 2.75) is 13.0 Å². The van der Waals surface area contributed by atoms with Crippen LogP contribution in [0.2, 0.25) is 0 Å². The molecule has 0 amide bonds. The Morgan fingerprint density at radius 1 is 1.09 bits per heavy atom. The molecule has 1 aliphatic heterocycles. The smallest absolute Gasteiger partial charge is 0.378 e. The van der Waals surface area contributed by atoms with E-state index in [9.17, 15) is 4.79 Å². The number of carbonyl (C=O) groups is 1. The first-order chi connectivity index (χ1) is 10.8. The fraction of sp³-hybridized carbons (Fsp3) is 0.167. The van der Waals surface area contributed by atoms with Crippen molar-refractivity contribution in [2.75, 3.05) is 11.9 Å². The zero-order valence-electron chi connectivity index (χ0n) is 12.3. The molecule has 4 heteroatoms. The predicted molar refractivity (Wildman–Crippen MR) is 84.6 cm³/mol. The Kier molecular flexibility index (Phi) is 4.10. The quantitative estimate of drug-likeness (QED) is 0.693. The van der Waals surface area contributed by atoms with Crippen LogP contribution in [0.4, 0.5) is 5.69 Å². The molecule has 1 aliphatic rings. The first-order valence-corrected chi connectivity index (χ1v) is 7.25. The molecule has 1 heterocycles. The van der Waals surface area contributed by atoms with Gasteiger partial charge >= 0.3 is 5.97 Å². The van der Waals surface area contributed by atoms with Crippen molar-refractivity contribution >= 4 is 11.7 Å². The fourth-order valence-electron chi connectivity index (χ4n) is 2.36. The Morgan fingerprint density at radius 3 is 2.59 bits per heavy atom. The number of fused-ring (bicyclic) bond motifs is 1. The van der Waals surface area contributed by atoms with Crippen molar-refractivity contribution in [2.24, 2.45) is 0 Å². The number of hydrogen-bond donors (Lipinski definition) is 1. The van der Waals surface area contributed by atoms with Gasteiger partial charge in [-0.1, -0.05) is 42.5 Å². The van der Waals surface area contributed by atoms with Crippen LogP contribution in [0.1, 0.15) is 18.5 Å². The summed E-state index contributed by atoms with van der Waals surface area (Å²) in [5, 5.41) is 3.39. The van der Waals surface area contributed by atoms with Crippen LogP contribution >= 0.6 is 0 Å². The number of nitrogens with one attached hydrogen (secondary N) is 1. The Balaban J connectivity index is 2.05. The van der Waals surface area contributed by atoms with Gasteiger partial charge in [0.2, 0.25) is 5.76 Å². The van der Waals surface area contributed by atoms with Gasteiger partial charge in [0, 0.05) is 0 Å². The Hall–Kier alpha value is -2.75. The predicted octanol–water partition coefficient (Wildman–Crippen LogP) is 3.68. The zero-order valence-corrected chi connectivity index (χ0v) is 12.3. The number of esters is 1. The molecule has 2 aromatic carbocycles. The van der Waals surface area contributed by atoms with Crippen molar-refractivity contribution in [1.29, 1.82) is 0 Å². The summed E-state index contributed by atoms with van der Waals surface area (Å²) in [5.41, 5.74) is 1.82. The molecule has 1 N–H and O–H groups in total. The Morgan fingerprint density at radius 2 is 1.82 bits per heavy atom. The van der Waals surface area contributed by atoms with E-state index in [4.69, 9.17) is 9.47 Å². The molecule has 112 valence electrons. The first-order valence-electron chi connectivity index (χ1n) is 7.25. The first kappa shape index (κ1) is 14.2. The molecule has 2 aromatic rings. The lowest BCUT2D eigenvalue weighted by Crippen LogP contribution is -2.21. The maximum Gasteiger partial charge on any atom is 0.378 e. The summed E-state index contributed by atoms with van der Waals surface area (Å²) >= 11 is 0. The molecule has 1 unspecified atom stereocenters. The maximum atomic E-state index is 12.3. The van der Waals surface area contributed by atoms with Crippen LogP contribution in [0.5, 0.6) is 5.75 Å². The van der Waals surface area contributed by atoms with Gasteiger partial charge in [0.1, 0.15) is 0 Å². The molecule has 0 spiro atoms. The molecular formula is C18H17NO3. The fourth-order valence-corrected chi connectivity index (χ4v) is 2.36. The minimum atomic E-state index is -0.475. The highest BCUT2D eigenvalue weighted by Crippen LogP contribution is 2.32. The summed E-state index contributed by atoms with van der Waals surface area (Å²) in [5.74, 6) is 0.244. The number of ether oxygens (including phenoxy) is 2. The topological polar surface area (TPSA) is 47.6 Å². The maximum absolute atomic E-state index is 12.3. The minimum Gasteiger partial charge on any atom is -0.487 e. The van der Waals surface area contributed by atoms with Gasteiger partial charge in [0.25, 0.3) is 0 Å². The molecule has 0 saturated heterocycles. The molecule has 0 aliphatic carbocycles. The summed E-state index contributed by atoms with van der Waals surface area (Å²) in [7, 11) is 0. The van der Waals surface area contributed by atoms with E-state index < -0.39 is 5.97 Å². The largest absolute Gasteiger partial charge is 0.487 e. The number of rotatable bonds is 3. The van der Waals surface area contributed by atoms with Crippen LogP contribution in [-0.2, 0) is 9.53 Å². The van der Waals surface area contributed by atoms with Crippen molar-refractivity contribution in [3.63, 3.8) is 0 Å². The van der Waals surface area contributed by atoms with E-state index in [0.717, 1.165) is 11.3 Å². The summed E-state index contributed by atoms with van der Waals surface area (Å²) in [6.07, 6.45) is 1.76. The summed E-state index contributed by atoms with van der Waals surface area (Å²) < 4.78 is 10.8. The van der Waals surface area contributed by atoms with Crippen LogP contribution in [-0.4, -0.2) is 12.6 Å². The number of carbonyl (C=O) groups excluding carboxylic acids is 1. The summed E-state index contributed by atoms with van der Waals surface area (Å²) in [6, 6.07) is 17.1. The average Bonchev–Trinajstić information content (AvgIpc) is 2.54. The van der Waals surface area contributed by atoms with Crippen LogP contribution in [0.3, 0.4) is 0 Å². The summed E-state index contributed by atoms with van der Waals surface area (Å²) in [6.45, 7) is 2.25. The highest BCUT2D eigenvalue weighted by atomic mass is 16.6. The van der Waals surface area contributed by atoms with Crippen molar-refractivity contribution in [1.82, 2.24) is 0 Å². The lowest BCUT2D eigenvalue weighted by atomic mass is 10.0. The van der Waals surface area contributed by atoms with Crippen molar-refractivity contribution in [3.05, 3.63) is 72.0 Å². The van der Waals surface area contributed by atoms with E-state index in [-0.39, 0.29) is 11.8 Å². The van der Waals surface area contributed by atoms with E-state index in [1.54, 1.807) is 12.1 Å². The highest BCUT2D eigenvalue weighted by molar-refractivity contribution is 5.90. The van der Waals surface area contributed by atoms with Crippen molar-refractivity contribution in [3.8, 4) is 5.75 Å². The standard InChI is InChI=1S/C18H17NO3/c1-2-21-17-12-15(13-8-4-3-5-9-13)19-14-10-6-7-11-16(14)22-18(17)20/h3-12,15,19H,2H2,1H3/b17-12+. The monoisotopic (exact) mass is 295 g/mol. The van der Waals surface area contributed by atoms with E-state index in [1.807, 2.05) is 55.5 Å². The lowest BCUT2D eigenvalue weighted by molar-refractivity contribution is -0.134.